The van der Waals surface area contributed by atoms with E-state index < -0.39 is 0 Å². The first-order chi connectivity index (χ1) is 11.3. The van der Waals surface area contributed by atoms with Crippen LogP contribution in [0.25, 0.3) is 0 Å². The van der Waals surface area contributed by atoms with Gasteiger partial charge in [-0.3, -0.25) is 4.79 Å². The molecule has 0 radical (unpaired) electrons. The van der Waals surface area contributed by atoms with E-state index in [-0.39, 0.29) is 6.10 Å². The molecule has 3 nitrogen and oxygen atoms in total. The number of unbranched alkanes of at least 4 members (excludes halogenated alkanes) is 1. The molecule has 3 heteroatoms. The Kier molecular flexibility index (Phi) is 16.7. The van der Waals surface area contributed by atoms with Crippen LogP contribution in [0.3, 0.4) is 0 Å². The van der Waals surface area contributed by atoms with Gasteiger partial charge in [-0.25, -0.2) is 0 Å². The molecule has 0 aliphatic carbocycles. The highest BCUT2D eigenvalue weighted by Crippen LogP contribution is 1.97. The molecule has 23 heavy (non-hydrogen) atoms. The highest BCUT2D eigenvalue weighted by Gasteiger charge is 1.88. The Morgan fingerprint density at radius 2 is 1.52 bits per heavy atom. The van der Waals surface area contributed by atoms with Gasteiger partial charge in [0.05, 0.1) is 12.7 Å². The first-order valence-corrected chi connectivity index (χ1v) is 8.32. The lowest BCUT2D eigenvalue weighted by atomic mass is 10.2. The van der Waals surface area contributed by atoms with Gasteiger partial charge < -0.3 is 9.84 Å². The van der Waals surface area contributed by atoms with Crippen LogP contribution in [-0.4, -0.2) is 24.3 Å². The third-order valence-corrected chi connectivity index (χ3v) is 3.02. The van der Waals surface area contributed by atoms with Crippen LogP contribution in [0.15, 0.2) is 60.8 Å². The van der Waals surface area contributed by atoms with Gasteiger partial charge in [-0.1, -0.05) is 67.7 Å². The summed E-state index contributed by atoms with van der Waals surface area (Å²) in [6, 6.07) is 0. The van der Waals surface area contributed by atoms with Crippen molar-refractivity contribution in [1.82, 2.24) is 0 Å². The van der Waals surface area contributed by atoms with Crippen molar-refractivity contribution in [1.29, 1.82) is 0 Å². The zero-order valence-corrected chi connectivity index (χ0v) is 14.1. The van der Waals surface area contributed by atoms with Crippen LogP contribution in [0.5, 0.6) is 0 Å². The van der Waals surface area contributed by atoms with E-state index in [9.17, 15) is 9.90 Å². The second kappa shape index (κ2) is 18.2. The van der Waals surface area contributed by atoms with Gasteiger partial charge in [0.2, 0.25) is 0 Å². The number of hydrogen-bond acceptors (Lipinski definition) is 3. The van der Waals surface area contributed by atoms with Gasteiger partial charge in [-0.2, -0.15) is 0 Å². The van der Waals surface area contributed by atoms with Gasteiger partial charge in [0, 0.05) is 0 Å². The lowest BCUT2D eigenvalue weighted by molar-refractivity contribution is -0.128. The van der Waals surface area contributed by atoms with Crippen LogP contribution >= 0.6 is 0 Å². The van der Waals surface area contributed by atoms with Crippen LogP contribution < -0.4 is 0 Å². The number of rotatable bonds is 14. The highest BCUT2D eigenvalue weighted by molar-refractivity contribution is 5.36. The van der Waals surface area contributed by atoms with Crippen molar-refractivity contribution in [2.45, 2.75) is 51.6 Å². The second-order valence-electron chi connectivity index (χ2n) is 5.02. The Morgan fingerprint density at radius 1 is 0.913 bits per heavy atom. The van der Waals surface area contributed by atoms with Crippen molar-refractivity contribution >= 4 is 6.47 Å². The van der Waals surface area contributed by atoms with E-state index in [0.29, 0.717) is 13.1 Å². The zero-order chi connectivity index (χ0) is 17.0. The van der Waals surface area contributed by atoms with Crippen molar-refractivity contribution in [2.75, 3.05) is 6.61 Å². The standard InChI is InChI=1S/C20H30O3/c1-2-20(22)17-15-13-11-9-7-5-3-4-6-8-10-12-14-16-18-23-19-21/h4-7,10-13,15,17,19-20,22H,2-3,8-9,14,16,18H2,1H3. The van der Waals surface area contributed by atoms with Crippen LogP contribution in [0, 0.1) is 0 Å². The highest BCUT2D eigenvalue weighted by atomic mass is 16.5. The molecule has 1 N–H and O–H groups in total. The summed E-state index contributed by atoms with van der Waals surface area (Å²) in [7, 11) is 0. The molecule has 0 saturated carbocycles. The molecule has 0 heterocycles. The molecular formula is C20H30O3. The summed E-state index contributed by atoms with van der Waals surface area (Å²) < 4.78 is 4.61. The number of carbonyl (C=O) groups excluding carboxylic acids is 1. The molecule has 0 aromatic carbocycles. The van der Waals surface area contributed by atoms with E-state index >= 15 is 0 Å². The molecular weight excluding hydrogens is 288 g/mol. The number of ether oxygens (including phenoxy) is 1. The first kappa shape index (κ1) is 21.1. The quantitative estimate of drug-likeness (QED) is 0.219. The Bertz CT molecular complexity index is 403. The minimum atomic E-state index is -0.334. The summed E-state index contributed by atoms with van der Waals surface area (Å²) in [6.45, 7) is 2.94. The number of aliphatic hydroxyl groups is 1. The van der Waals surface area contributed by atoms with E-state index in [1.54, 1.807) is 6.08 Å². The topological polar surface area (TPSA) is 46.5 Å². The average Bonchev–Trinajstić information content (AvgIpc) is 2.57. The summed E-state index contributed by atoms with van der Waals surface area (Å²) in [5.41, 5.74) is 0. The lowest BCUT2D eigenvalue weighted by Gasteiger charge is -1.95. The maximum atomic E-state index is 9.92. The minimum absolute atomic E-state index is 0.334. The predicted octanol–water partition coefficient (Wildman–Crippen LogP) is 4.66. The molecule has 0 rings (SSSR count). The van der Waals surface area contributed by atoms with Crippen LogP contribution in [0.1, 0.15) is 45.4 Å². The maximum absolute atomic E-state index is 9.92. The van der Waals surface area contributed by atoms with Gasteiger partial charge >= 0.3 is 0 Å². The van der Waals surface area contributed by atoms with Crippen molar-refractivity contribution < 1.29 is 14.6 Å². The summed E-state index contributed by atoms with van der Waals surface area (Å²) in [5.74, 6) is 0. The van der Waals surface area contributed by atoms with E-state index in [4.69, 9.17) is 0 Å². The summed E-state index contributed by atoms with van der Waals surface area (Å²) in [6.07, 6.45) is 25.5. The van der Waals surface area contributed by atoms with Gasteiger partial charge in [-0.05, 0) is 38.5 Å². The van der Waals surface area contributed by atoms with Gasteiger partial charge in [0.1, 0.15) is 0 Å². The molecule has 0 aromatic rings. The minimum Gasteiger partial charge on any atom is -0.468 e. The molecule has 0 aliphatic heterocycles. The molecule has 0 aliphatic rings. The second-order valence-corrected chi connectivity index (χ2v) is 5.02. The third-order valence-electron chi connectivity index (χ3n) is 3.02. The lowest BCUT2D eigenvalue weighted by Crippen LogP contribution is -1.97. The van der Waals surface area contributed by atoms with Crippen molar-refractivity contribution in [3.05, 3.63) is 60.8 Å². The summed E-state index contributed by atoms with van der Waals surface area (Å²) >= 11 is 0. The Balaban J connectivity index is 3.51. The largest absolute Gasteiger partial charge is 0.468 e. The molecule has 0 fully saturated rings. The Morgan fingerprint density at radius 3 is 2.13 bits per heavy atom. The average molecular weight is 318 g/mol. The number of carbonyl (C=O) groups is 1. The Labute approximate surface area is 140 Å². The molecule has 0 bridgehead atoms. The predicted molar refractivity (Wildman–Crippen MR) is 97.1 cm³/mol. The van der Waals surface area contributed by atoms with Crippen molar-refractivity contribution in [2.24, 2.45) is 0 Å². The monoisotopic (exact) mass is 318 g/mol. The fraction of sp³-hybridized carbons (Fsp3) is 0.450. The maximum Gasteiger partial charge on any atom is 0.293 e. The molecule has 1 atom stereocenters. The Hall–Kier alpha value is -1.87. The number of hydrogen-bond donors (Lipinski definition) is 1. The van der Waals surface area contributed by atoms with Crippen molar-refractivity contribution in [3.8, 4) is 0 Å². The SMILES string of the molecule is CCC(O)C=CC=CCC=CCC=CCC=CCCCOC=O. The normalized spacial score (nSPS) is 14.0. The fourth-order valence-electron chi connectivity index (χ4n) is 1.65. The van der Waals surface area contributed by atoms with Crippen LogP contribution in [0.4, 0.5) is 0 Å². The van der Waals surface area contributed by atoms with E-state index in [1.165, 1.54) is 0 Å². The van der Waals surface area contributed by atoms with Gasteiger partial charge in [0.15, 0.2) is 0 Å². The fourth-order valence-corrected chi connectivity index (χ4v) is 1.65. The molecule has 1 unspecified atom stereocenters. The smallest absolute Gasteiger partial charge is 0.293 e. The number of aliphatic hydroxyl groups excluding tert-OH is 1. The van der Waals surface area contributed by atoms with Gasteiger partial charge in [0.25, 0.3) is 6.47 Å². The van der Waals surface area contributed by atoms with Crippen LogP contribution in [0.2, 0.25) is 0 Å². The molecule has 0 aromatic heterocycles. The molecule has 0 amide bonds. The number of allylic oxidation sites excluding steroid dienone is 9. The van der Waals surface area contributed by atoms with Crippen molar-refractivity contribution in [3.63, 3.8) is 0 Å². The summed E-state index contributed by atoms with van der Waals surface area (Å²) in [5, 5.41) is 9.32. The van der Waals surface area contributed by atoms with E-state index in [1.807, 2.05) is 19.1 Å². The molecule has 0 saturated heterocycles. The summed E-state index contributed by atoms with van der Waals surface area (Å²) in [4.78, 5) is 9.92. The van der Waals surface area contributed by atoms with E-state index in [0.717, 1.165) is 38.5 Å². The van der Waals surface area contributed by atoms with E-state index in [2.05, 4.69) is 47.3 Å². The molecule has 128 valence electrons. The third kappa shape index (κ3) is 18.1. The zero-order valence-electron chi connectivity index (χ0n) is 14.1. The van der Waals surface area contributed by atoms with Gasteiger partial charge in [-0.15, -0.1) is 0 Å². The van der Waals surface area contributed by atoms with Crippen LogP contribution in [-0.2, 0) is 9.53 Å². The molecule has 0 spiro atoms. The first-order valence-electron chi connectivity index (χ1n) is 8.32.